The van der Waals surface area contributed by atoms with Crippen LogP contribution >= 0.6 is 11.8 Å². The number of nitrogens with one attached hydrogen (secondary N) is 1. The number of nitrogens with zero attached hydrogens (tertiary/aromatic N) is 4. The zero-order valence-electron chi connectivity index (χ0n) is 22.5. The Hall–Kier alpha value is -4.83. The maximum atomic E-state index is 13.1. The van der Waals surface area contributed by atoms with Gasteiger partial charge in [-0.15, -0.1) is 0 Å². The summed E-state index contributed by atoms with van der Waals surface area (Å²) in [7, 11) is 1.63. The number of benzene rings is 3. The van der Waals surface area contributed by atoms with E-state index in [1.807, 2.05) is 85.8 Å². The molecule has 0 spiro atoms. The van der Waals surface area contributed by atoms with Crippen molar-refractivity contribution in [2.24, 2.45) is 10.1 Å². The number of hydrazone groups is 1. The van der Waals surface area contributed by atoms with E-state index in [1.165, 1.54) is 16.8 Å². The second-order valence-corrected chi connectivity index (χ2v) is 10.4. The highest BCUT2D eigenvalue weighted by Gasteiger charge is 2.36. The largest absolute Gasteiger partial charge is 0.497 e. The van der Waals surface area contributed by atoms with E-state index in [0.717, 1.165) is 39.4 Å². The van der Waals surface area contributed by atoms with E-state index in [-0.39, 0.29) is 18.0 Å². The lowest BCUT2D eigenvalue weighted by molar-refractivity contribution is -0.114. The first-order valence-corrected chi connectivity index (χ1v) is 13.8. The highest BCUT2D eigenvalue weighted by atomic mass is 32.2. The number of para-hydroxylation sites is 2. The summed E-state index contributed by atoms with van der Waals surface area (Å²) in [6, 6.07) is 24.9. The molecule has 9 nitrogen and oxygen atoms in total. The van der Waals surface area contributed by atoms with Crippen LogP contribution in [0.5, 0.6) is 17.2 Å². The Morgan fingerprint density at radius 2 is 1.71 bits per heavy atom. The van der Waals surface area contributed by atoms with Gasteiger partial charge in [0, 0.05) is 28.2 Å². The van der Waals surface area contributed by atoms with Crippen LogP contribution in [0, 0.1) is 12.3 Å². The first kappa shape index (κ1) is 26.4. The van der Waals surface area contributed by atoms with Gasteiger partial charge in [-0.25, -0.2) is 0 Å². The maximum Gasteiger partial charge on any atom is 0.283 e. The Morgan fingerprint density at radius 1 is 0.951 bits per heavy atom. The Bertz CT molecular complexity index is 1740. The van der Waals surface area contributed by atoms with Gasteiger partial charge in [-0.05, 0) is 55.1 Å². The van der Waals surface area contributed by atoms with Gasteiger partial charge >= 0.3 is 0 Å². The molecule has 0 atom stereocenters. The highest BCUT2D eigenvalue weighted by Crippen LogP contribution is 2.32. The van der Waals surface area contributed by atoms with Gasteiger partial charge in [-0.2, -0.15) is 15.1 Å². The Balaban J connectivity index is 1.24. The summed E-state index contributed by atoms with van der Waals surface area (Å²) in [4.78, 5) is 17.4. The SMILES string of the molecule is COc1cccc(OCCn2c(C)c(/C=C3/C(=N)N4N=C(COc5ccccc5)SC4=NC3=O)c3ccccc32)c1. The van der Waals surface area contributed by atoms with Gasteiger partial charge in [-0.1, -0.05) is 42.5 Å². The summed E-state index contributed by atoms with van der Waals surface area (Å²) < 4.78 is 19.2. The number of aromatic nitrogens is 1. The third kappa shape index (κ3) is 5.33. The summed E-state index contributed by atoms with van der Waals surface area (Å²) in [6.07, 6.45) is 1.75. The van der Waals surface area contributed by atoms with Crippen LogP contribution in [0.15, 0.2) is 94.5 Å². The molecule has 1 aromatic heterocycles. The van der Waals surface area contributed by atoms with E-state index < -0.39 is 5.91 Å². The number of hydrogen-bond donors (Lipinski definition) is 1. The van der Waals surface area contributed by atoms with Crippen LogP contribution in [-0.4, -0.2) is 51.9 Å². The molecular weight excluding hydrogens is 538 g/mol. The molecule has 4 aromatic rings. The van der Waals surface area contributed by atoms with Crippen molar-refractivity contribution in [1.82, 2.24) is 9.58 Å². The summed E-state index contributed by atoms with van der Waals surface area (Å²) in [5.74, 6) is 1.70. The van der Waals surface area contributed by atoms with Crippen LogP contribution in [0.25, 0.3) is 17.0 Å². The lowest BCUT2D eigenvalue weighted by Crippen LogP contribution is -2.35. The topological polar surface area (TPSA) is 102 Å². The van der Waals surface area contributed by atoms with E-state index in [0.29, 0.717) is 23.4 Å². The van der Waals surface area contributed by atoms with Crippen molar-refractivity contribution in [2.75, 3.05) is 20.3 Å². The van der Waals surface area contributed by atoms with Crippen molar-refractivity contribution in [3.05, 3.63) is 95.7 Å². The van der Waals surface area contributed by atoms with Gasteiger partial charge in [0.2, 0.25) is 5.17 Å². The van der Waals surface area contributed by atoms with Crippen molar-refractivity contribution in [3.63, 3.8) is 0 Å². The number of fused-ring (bicyclic) bond motifs is 2. The van der Waals surface area contributed by atoms with Crippen LogP contribution in [0.2, 0.25) is 0 Å². The van der Waals surface area contributed by atoms with Crippen LogP contribution in [0.1, 0.15) is 11.3 Å². The van der Waals surface area contributed by atoms with Crippen molar-refractivity contribution < 1.29 is 19.0 Å². The zero-order valence-corrected chi connectivity index (χ0v) is 23.4. The third-order valence-electron chi connectivity index (χ3n) is 6.80. The quantitative estimate of drug-likeness (QED) is 0.260. The smallest absolute Gasteiger partial charge is 0.283 e. The average Bonchev–Trinajstić information content (AvgIpc) is 3.53. The van der Waals surface area contributed by atoms with Crippen LogP contribution in [-0.2, 0) is 11.3 Å². The normalized spacial score (nSPS) is 15.7. The summed E-state index contributed by atoms with van der Waals surface area (Å²) >= 11 is 1.24. The molecule has 3 aromatic carbocycles. The molecule has 0 unspecified atom stereocenters. The fourth-order valence-corrected chi connectivity index (χ4v) is 5.57. The number of methoxy groups -OCH3 is 1. The fraction of sp³-hybridized carbons (Fsp3) is 0.161. The molecule has 0 radical (unpaired) electrons. The fourth-order valence-electron chi connectivity index (χ4n) is 4.77. The number of thioether (sulfide) groups is 1. The average molecular weight is 566 g/mol. The minimum Gasteiger partial charge on any atom is -0.497 e. The van der Waals surface area contributed by atoms with Gasteiger partial charge in [0.1, 0.15) is 35.5 Å². The molecular formula is C31H27N5O4S. The summed E-state index contributed by atoms with van der Waals surface area (Å²) in [6.45, 7) is 3.26. The molecule has 0 saturated carbocycles. The standard InChI is InChI=1S/C31H27N5O4S/c1-20-25(24-13-6-7-14-27(24)35(20)15-16-39-23-12-8-11-22(17-23)38-2)18-26-29(32)36-31(33-30(26)37)41-28(34-36)19-40-21-9-4-3-5-10-21/h3-14,17-18,32H,15-16,19H2,1-2H3/b26-18-,32-29?. The first-order valence-electron chi connectivity index (χ1n) is 13.0. The first-order chi connectivity index (χ1) is 20.0. The van der Waals surface area contributed by atoms with Crippen molar-refractivity contribution in [2.45, 2.75) is 13.5 Å². The predicted octanol–water partition coefficient (Wildman–Crippen LogP) is 5.74. The predicted molar refractivity (Wildman–Crippen MR) is 162 cm³/mol. The molecule has 0 saturated heterocycles. The molecule has 1 N–H and O–H groups in total. The molecule has 0 fully saturated rings. The van der Waals surface area contributed by atoms with E-state index in [9.17, 15) is 4.79 Å². The van der Waals surface area contributed by atoms with Gasteiger partial charge in [0.05, 0.1) is 19.2 Å². The second-order valence-electron chi connectivity index (χ2n) is 9.31. The molecule has 41 heavy (non-hydrogen) atoms. The number of carbonyl (C=O) groups is 1. The highest BCUT2D eigenvalue weighted by molar-refractivity contribution is 8.27. The Kier molecular flexibility index (Phi) is 7.30. The Morgan fingerprint density at radius 3 is 2.54 bits per heavy atom. The molecule has 10 heteroatoms. The van der Waals surface area contributed by atoms with Gasteiger partial charge < -0.3 is 18.8 Å². The number of rotatable bonds is 9. The number of hydrogen-bond acceptors (Lipinski definition) is 7. The van der Waals surface area contributed by atoms with Gasteiger partial charge in [0.25, 0.3) is 5.91 Å². The molecule has 1 amide bonds. The van der Waals surface area contributed by atoms with Gasteiger partial charge in [0.15, 0.2) is 5.84 Å². The number of aliphatic imine (C=N–C) groups is 1. The monoisotopic (exact) mass is 565 g/mol. The lowest BCUT2D eigenvalue weighted by Gasteiger charge is -2.20. The van der Waals surface area contributed by atoms with Crippen molar-refractivity contribution in [1.29, 1.82) is 5.41 Å². The molecule has 0 bridgehead atoms. The lowest BCUT2D eigenvalue weighted by atomic mass is 10.1. The molecule has 0 aliphatic carbocycles. The molecule has 2 aliphatic rings. The Labute approximate surface area is 241 Å². The van der Waals surface area contributed by atoms with E-state index in [4.69, 9.17) is 19.6 Å². The summed E-state index contributed by atoms with van der Waals surface area (Å²) in [5.41, 5.74) is 3.01. The minimum absolute atomic E-state index is 0.0141. The maximum absolute atomic E-state index is 13.1. The van der Waals surface area contributed by atoms with E-state index >= 15 is 0 Å². The van der Waals surface area contributed by atoms with Crippen LogP contribution < -0.4 is 14.2 Å². The van der Waals surface area contributed by atoms with E-state index in [1.54, 1.807) is 13.2 Å². The molecule has 2 aliphatic heterocycles. The number of carbonyl (C=O) groups excluding carboxylic acids is 1. The van der Waals surface area contributed by atoms with Crippen LogP contribution in [0.3, 0.4) is 0 Å². The molecule has 3 heterocycles. The van der Waals surface area contributed by atoms with Gasteiger partial charge in [-0.3, -0.25) is 10.2 Å². The summed E-state index contributed by atoms with van der Waals surface area (Å²) in [5, 5.41) is 16.7. The van der Waals surface area contributed by atoms with Crippen molar-refractivity contribution >= 4 is 50.7 Å². The minimum atomic E-state index is -0.466. The number of amidine groups is 2. The molecule has 6 rings (SSSR count). The number of ether oxygens (including phenoxy) is 3. The van der Waals surface area contributed by atoms with E-state index in [2.05, 4.69) is 14.7 Å². The zero-order chi connectivity index (χ0) is 28.3. The van der Waals surface area contributed by atoms with Crippen molar-refractivity contribution in [3.8, 4) is 17.2 Å². The third-order valence-corrected chi connectivity index (χ3v) is 7.68. The molecule has 206 valence electrons. The number of amides is 1. The van der Waals surface area contributed by atoms with Crippen LogP contribution in [0.4, 0.5) is 0 Å². The second kappa shape index (κ2) is 11.3.